The summed E-state index contributed by atoms with van der Waals surface area (Å²) in [6.07, 6.45) is 0. The number of carbonyl (C=O) groups is 1. The maximum absolute atomic E-state index is 11.2. The first-order chi connectivity index (χ1) is 6.24. The van der Waals surface area contributed by atoms with Crippen LogP contribution in [-0.4, -0.2) is 36.5 Å². The summed E-state index contributed by atoms with van der Waals surface area (Å²) in [5.74, 6) is -0.442. The van der Waals surface area contributed by atoms with Crippen molar-refractivity contribution in [2.45, 2.75) is 6.92 Å². The summed E-state index contributed by atoms with van der Waals surface area (Å²) >= 11 is 1.22. The van der Waals surface area contributed by atoms with Gasteiger partial charge in [0.25, 0.3) is 0 Å². The summed E-state index contributed by atoms with van der Waals surface area (Å²) < 4.78 is 9.55. The van der Waals surface area contributed by atoms with Gasteiger partial charge in [-0.2, -0.15) is 0 Å². The molecule has 72 valence electrons. The van der Waals surface area contributed by atoms with Crippen LogP contribution in [0.2, 0.25) is 0 Å². The zero-order valence-electron chi connectivity index (χ0n) is 7.44. The Bertz CT molecular complexity index is 287. The summed E-state index contributed by atoms with van der Waals surface area (Å²) in [7, 11) is 1.54. The Morgan fingerprint density at radius 3 is 2.77 bits per heavy atom. The molecule has 0 amide bonds. The molecule has 0 atom stereocenters. The molecular formula is C7H10N2O3S. The number of rotatable bonds is 4. The third-order valence-electron chi connectivity index (χ3n) is 1.22. The van der Waals surface area contributed by atoms with Crippen LogP contribution in [0.4, 0.5) is 0 Å². The van der Waals surface area contributed by atoms with E-state index in [1.807, 2.05) is 0 Å². The lowest BCUT2D eigenvalue weighted by Gasteiger charge is -1.99. The van der Waals surface area contributed by atoms with Gasteiger partial charge in [-0.1, -0.05) is 11.3 Å². The quantitative estimate of drug-likeness (QED) is 0.530. The Labute approximate surface area is 79.7 Å². The highest BCUT2D eigenvalue weighted by atomic mass is 32.1. The predicted octanol–water partition coefficient (Wildman–Crippen LogP) is 0.650. The number of aryl methyl sites for hydroxylation is 1. The number of methoxy groups -OCH3 is 1. The normalized spacial score (nSPS) is 10.0. The molecule has 1 heterocycles. The van der Waals surface area contributed by atoms with Crippen molar-refractivity contribution in [3.8, 4) is 0 Å². The molecule has 1 aromatic heterocycles. The van der Waals surface area contributed by atoms with Crippen LogP contribution in [0, 0.1) is 6.92 Å². The molecule has 0 bridgehead atoms. The largest absolute Gasteiger partial charge is 0.458 e. The molecule has 6 heteroatoms. The van der Waals surface area contributed by atoms with Gasteiger partial charge < -0.3 is 9.47 Å². The van der Waals surface area contributed by atoms with Crippen molar-refractivity contribution in [3.63, 3.8) is 0 Å². The van der Waals surface area contributed by atoms with Crippen molar-refractivity contribution in [2.24, 2.45) is 0 Å². The molecule has 0 radical (unpaired) electrons. The lowest BCUT2D eigenvalue weighted by atomic mass is 10.7. The van der Waals surface area contributed by atoms with Crippen molar-refractivity contribution in [3.05, 3.63) is 10.0 Å². The fourth-order valence-electron chi connectivity index (χ4n) is 0.658. The summed E-state index contributed by atoms with van der Waals surface area (Å²) in [6.45, 7) is 2.42. The standard InChI is InChI=1S/C7H10N2O3S/c1-5-8-9-6(13-5)7(10)12-4-3-11-2/h3-4H2,1-2H3. The van der Waals surface area contributed by atoms with Gasteiger partial charge in [0.05, 0.1) is 6.61 Å². The van der Waals surface area contributed by atoms with Crippen LogP contribution in [0.5, 0.6) is 0 Å². The summed E-state index contributed by atoms with van der Waals surface area (Å²) in [6, 6.07) is 0. The number of esters is 1. The SMILES string of the molecule is COCCOC(=O)c1nnc(C)s1. The van der Waals surface area contributed by atoms with Gasteiger partial charge in [-0.3, -0.25) is 0 Å². The lowest BCUT2D eigenvalue weighted by molar-refractivity contribution is 0.0387. The molecule has 1 aromatic rings. The van der Waals surface area contributed by atoms with Crippen LogP contribution >= 0.6 is 11.3 Å². The van der Waals surface area contributed by atoms with Crippen molar-refractivity contribution in [1.82, 2.24) is 10.2 Å². The highest BCUT2D eigenvalue weighted by Gasteiger charge is 2.11. The summed E-state index contributed by atoms with van der Waals surface area (Å²) in [4.78, 5) is 11.2. The van der Waals surface area contributed by atoms with Crippen LogP contribution in [0.15, 0.2) is 0 Å². The van der Waals surface area contributed by atoms with Gasteiger partial charge in [-0.15, -0.1) is 10.2 Å². The average molecular weight is 202 g/mol. The maximum atomic E-state index is 11.2. The van der Waals surface area contributed by atoms with Gasteiger partial charge in [0.15, 0.2) is 0 Å². The topological polar surface area (TPSA) is 61.3 Å². The molecule has 0 aliphatic rings. The Morgan fingerprint density at radius 2 is 2.23 bits per heavy atom. The van der Waals surface area contributed by atoms with Crippen molar-refractivity contribution in [2.75, 3.05) is 20.3 Å². The second-order valence-corrected chi connectivity index (χ2v) is 3.44. The average Bonchev–Trinajstić information content (AvgIpc) is 2.52. The van der Waals surface area contributed by atoms with Gasteiger partial charge in [0, 0.05) is 7.11 Å². The van der Waals surface area contributed by atoms with Crippen LogP contribution in [0.1, 0.15) is 14.8 Å². The first-order valence-electron chi connectivity index (χ1n) is 3.70. The minimum Gasteiger partial charge on any atom is -0.458 e. The van der Waals surface area contributed by atoms with Crippen molar-refractivity contribution in [1.29, 1.82) is 0 Å². The van der Waals surface area contributed by atoms with Crippen LogP contribution in [0.25, 0.3) is 0 Å². The van der Waals surface area contributed by atoms with E-state index in [4.69, 9.17) is 9.47 Å². The second-order valence-electron chi connectivity index (χ2n) is 2.25. The molecule has 0 aliphatic heterocycles. The molecule has 0 aliphatic carbocycles. The van der Waals surface area contributed by atoms with E-state index >= 15 is 0 Å². The van der Waals surface area contributed by atoms with E-state index in [0.29, 0.717) is 6.61 Å². The highest BCUT2D eigenvalue weighted by molar-refractivity contribution is 7.13. The molecular weight excluding hydrogens is 192 g/mol. The van der Waals surface area contributed by atoms with Gasteiger partial charge in [0.1, 0.15) is 11.6 Å². The van der Waals surface area contributed by atoms with E-state index < -0.39 is 5.97 Å². The van der Waals surface area contributed by atoms with Crippen molar-refractivity contribution >= 4 is 17.3 Å². The molecule has 0 spiro atoms. The fraction of sp³-hybridized carbons (Fsp3) is 0.571. The van der Waals surface area contributed by atoms with Crippen LogP contribution in [-0.2, 0) is 9.47 Å². The third kappa shape index (κ3) is 3.08. The molecule has 0 fully saturated rings. The number of carbonyl (C=O) groups excluding carboxylic acids is 1. The van der Waals surface area contributed by atoms with Crippen LogP contribution < -0.4 is 0 Å². The number of aromatic nitrogens is 2. The second kappa shape index (κ2) is 4.88. The molecule has 1 rings (SSSR count). The molecule has 0 saturated carbocycles. The summed E-state index contributed by atoms with van der Waals surface area (Å²) in [5.41, 5.74) is 0. The first-order valence-corrected chi connectivity index (χ1v) is 4.52. The number of hydrogen-bond donors (Lipinski definition) is 0. The molecule has 5 nitrogen and oxygen atoms in total. The van der Waals surface area contributed by atoms with Crippen LogP contribution in [0.3, 0.4) is 0 Å². The fourth-order valence-corrected chi connectivity index (χ4v) is 1.24. The summed E-state index contributed by atoms with van der Waals surface area (Å²) in [5, 5.41) is 8.38. The number of nitrogens with zero attached hydrogens (tertiary/aromatic N) is 2. The molecule has 0 saturated heterocycles. The van der Waals surface area contributed by atoms with E-state index in [1.165, 1.54) is 11.3 Å². The predicted molar refractivity (Wildman–Crippen MR) is 46.8 cm³/mol. The minimum absolute atomic E-state index is 0.244. The third-order valence-corrected chi connectivity index (χ3v) is 2.04. The molecule has 0 aromatic carbocycles. The molecule has 0 unspecified atom stereocenters. The Hall–Kier alpha value is -1.01. The first kappa shape index (κ1) is 10.1. The molecule has 0 N–H and O–H groups in total. The van der Waals surface area contributed by atoms with Crippen molar-refractivity contribution < 1.29 is 14.3 Å². The Morgan fingerprint density at radius 1 is 1.46 bits per heavy atom. The van der Waals surface area contributed by atoms with Gasteiger partial charge in [-0.05, 0) is 6.92 Å². The highest BCUT2D eigenvalue weighted by Crippen LogP contribution is 2.08. The van der Waals surface area contributed by atoms with E-state index in [0.717, 1.165) is 5.01 Å². The molecule has 13 heavy (non-hydrogen) atoms. The minimum atomic E-state index is -0.442. The zero-order chi connectivity index (χ0) is 9.68. The van der Waals surface area contributed by atoms with E-state index in [2.05, 4.69) is 10.2 Å². The van der Waals surface area contributed by atoms with Gasteiger partial charge in [0.2, 0.25) is 5.01 Å². The van der Waals surface area contributed by atoms with Gasteiger partial charge >= 0.3 is 5.97 Å². The van der Waals surface area contributed by atoms with E-state index in [9.17, 15) is 4.79 Å². The lowest BCUT2D eigenvalue weighted by Crippen LogP contribution is -2.09. The zero-order valence-corrected chi connectivity index (χ0v) is 8.26. The number of ether oxygens (including phenoxy) is 2. The van der Waals surface area contributed by atoms with E-state index in [1.54, 1.807) is 14.0 Å². The Kier molecular flexibility index (Phi) is 3.78. The monoisotopic (exact) mass is 202 g/mol. The van der Waals surface area contributed by atoms with Gasteiger partial charge in [-0.25, -0.2) is 4.79 Å². The smallest absolute Gasteiger partial charge is 0.369 e. The van der Waals surface area contributed by atoms with E-state index in [-0.39, 0.29) is 11.6 Å². The maximum Gasteiger partial charge on any atom is 0.369 e. The Balaban J connectivity index is 2.40. The number of hydrogen-bond acceptors (Lipinski definition) is 6.